The molecule has 0 spiro atoms. The summed E-state index contributed by atoms with van der Waals surface area (Å²) in [4.78, 5) is 11.0. The van der Waals surface area contributed by atoms with Crippen molar-refractivity contribution >= 4 is 5.78 Å². The molecule has 1 fully saturated rings. The zero-order valence-corrected chi connectivity index (χ0v) is 7.88. The van der Waals surface area contributed by atoms with Gasteiger partial charge in [0, 0.05) is 0 Å². The Morgan fingerprint density at radius 2 is 1.75 bits per heavy atom. The number of nitrogens with two attached hydrogens (primary N) is 1. The summed E-state index contributed by atoms with van der Waals surface area (Å²) in [6, 6.07) is -0.192. The highest BCUT2D eigenvalue weighted by Crippen LogP contribution is 2.24. The highest BCUT2D eigenvalue weighted by molar-refractivity contribution is 5.81. The van der Waals surface area contributed by atoms with Crippen LogP contribution in [0.15, 0.2) is 0 Å². The fourth-order valence-electron chi connectivity index (χ4n) is 2.00. The zero-order chi connectivity index (χ0) is 8.97. The Balaban J connectivity index is 2.42. The fraction of sp³-hybridized carbons (Fsp3) is 0.900. The predicted octanol–water partition coefficient (Wildman–Crippen LogP) is 1.87. The molecule has 0 aromatic rings. The molecule has 70 valence electrons. The van der Waals surface area contributed by atoms with Crippen molar-refractivity contribution in [2.24, 2.45) is 11.7 Å². The van der Waals surface area contributed by atoms with E-state index in [9.17, 15) is 4.79 Å². The smallest absolute Gasteiger partial charge is 0.146 e. The SMILES string of the molecule is CC(=O)C(N)C1CCCCCC1. The Morgan fingerprint density at radius 3 is 2.17 bits per heavy atom. The maximum atomic E-state index is 11.0. The summed E-state index contributed by atoms with van der Waals surface area (Å²) in [5.41, 5.74) is 5.81. The molecular formula is C10H19NO. The average Bonchev–Trinajstić information content (AvgIpc) is 2.30. The molecule has 2 heteroatoms. The van der Waals surface area contributed by atoms with Crippen molar-refractivity contribution < 1.29 is 4.79 Å². The summed E-state index contributed by atoms with van der Waals surface area (Å²) in [7, 11) is 0. The van der Waals surface area contributed by atoms with Crippen molar-refractivity contribution in [3.05, 3.63) is 0 Å². The van der Waals surface area contributed by atoms with Crippen LogP contribution in [0, 0.1) is 5.92 Å². The number of hydrogen-bond acceptors (Lipinski definition) is 2. The molecule has 1 rings (SSSR count). The van der Waals surface area contributed by atoms with Gasteiger partial charge in [0.15, 0.2) is 0 Å². The lowest BCUT2D eigenvalue weighted by Gasteiger charge is -2.19. The van der Waals surface area contributed by atoms with E-state index in [2.05, 4.69) is 0 Å². The van der Waals surface area contributed by atoms with E-state index in [0.29, 0.717) is 5.92 Å². The number of hydrogen-bond donors (Lipinski definition) is 1. The standard InChI is InChI=1S/C10H19NO/c1-8(12)10(11)9-6-4-2-3-5-7-9/h9-10H,2-7,11H2,1H3. The lowest BCUT2D eigenvalue weighted by Crippen LogP contribution is -2.36. The number of carbonyl (C=O) groups excluding carboxylic acids is 1. The van der Waals surface area contributed by atoms with Crippen molar-refractivity contribution in [3.8, 4) is 0 Å². The van der Waals surface area contributed by atoms with E-state index >= 15 is 0 Å². The third kappa shape index (κ3) is 2.59. The second kappa shape index (κ2) is 4.61. The predicted molar refractivity (Wildman–Crippen MR) is 49.8 cm³/mol. The van der Waals surface area contributed by atoms with Crippen LogP contribution in [0.5, 0.6) is 0 Å². The van der Waals surface area contributed by atoms with E-state index in [4.69, 9.17) is 5.73 Å². The molecule has 12 heavy (non-hydrogen) atoms. The molecule has 0 heterocycles. The number of ketones is 1. The van der Waals surface area contributed by atoms with Crippen LogP contribution in [0.3, 0.4) is 0 Å². The molecule has 0 radical (unpaired) electrons. The van der Waals surface area contributed by atoms with Gasteiger partial charge in [-0.2, -0.15) is 0 Å². The van der Waals surface area contributed by atoms with E-state index in [1.54, 1.807) is 6.92 Å². The molecule has 0 aromatic heterocycles. The lowest BCUT2D eigenvalue weighted by atomic mass is 9.90. The van der Waals surface area contributed by atoms with Gasteiger partial charge >= 0.3 is 0 Å². The van der Waals surface area contributed by atoms with Gasteiger partial charge in [0.25, 0.3) is 0 Å². The first-order valence-corrected chi connectivity index (χ1v) is 4.98. The van der Waals surface area contributed by atoms with Gasteiger partial charge in [-0.25, -0.2) is 0 Å². The van der Waals surface area contributed by atoms with Crippen LogP contribution in [0.4, 0.5) is 0 Å². The fourth-order valence-corrected chi connectivity index (χ4v) is 2.00. The first kappa shape index (κ1) is 9.72. The molecule has 0 saturated heterocycles. The lowest BCUT2D eigenvalue weighted by molar-refractivity contribution is -0.119. The Kier molecular flexibility index (Phi) is 3.73. The normalized spacial score (nSPS) is 23.2. The van der Waals surface area contributed by atoms with Gasteiger partial charge in [-0.1, -0.05) is 25.7 Å². The molecular weight excluding hydrogens is 150 g/mol. The maximum Gasteiger partial charge on any atom is 0.146 e. The van der Waals surface area contributed by atoms with Crippen LogP contribution >= 0.6 is 0 Å². The van der Waals surface area contributed by atoms with Gasteiger partial charge < -0.3 is 5.73 Å². The zero-order valence-electron chi connectivity index (χ0n) is 7.88. The van der Waals surface area contributed by atoms with Gasteiger partial charge in [-0.3, -0.25) is 4.79 Å². The summed E-state index contributed by atoms with van der Waals surface area (Å²) in [5.74, 6) is 0.617. The molecule has 1 aliphatic rings. The molecule has 2 nitrogen and oxygen atoms in total. The van der Waals surface area contributed by atoms with Crippen molar-refractivity contribution in [1.82, 2.24) is 0 Å². The summed E-state index contributed by atoms with van der Waals surface area (Å²) < 4.78 is 0. The summed E-state index contributed by atoms with van der Waals surface area (Å²) >= 11 is 0. The van der Waals surface area contributed by atoms with E-state index < -0.39 is 0 Å². The highest BCUT2D eigenvalue weighted by Gasteiger charge is 2.22. The quantitative estimate of drug-likeness (QED) is 0.641. The molecule has 1 atom stereocenters. The van der Waals surface area contributed by atoms with Crippen molar-refractivity contribution in [2.75, 3.05) is 0 Å². The second-order valence-corrected chi connectivity index (χ2v) is 3.89. The average molecular weight is 169 g/mol. The number of carbonyl (C=O) groups is 1. The molecule has 1 aliphatic carbocycles. The van der Waals surface area contributed by atoms with Gasteiger partial charge in [0.2, 0.25) is 0 Å². The summed E-state index contributed by atoms with van der Waals surface area (Å²) in [5, 5.41) is 0. The van der Waals surface area contributed by atoms with Gasteiger partial charge in [-0.05, 0) is 25.7 Å². The van der Waals surface area contributed by atoms with Crippen molar-refractivity contribution in [1.29, 1.82) is 0 Å². The van der Waals surface area contributed by atoms with E-state index in [1.807, 2.05) is 0 Å². The van der Waals surface area contributed by atoms with Crippen LogP contribution in [-0.4, -0.2) is 11.8 Å². The first-order chi connectivity index (χ1) is 5.72. The van der Waals surface area contributed by atoms with E-state index in [0.717, 1.165) is 12.8 Å². The highest BCUT2D eigenvalue weighted by atomic mass is 16.1. The van der Waals surface area contributed by atoms with Gasteiger partial charge in [0.05, 0.1) is 6.04 Å². The van der Waals surface area contributed by atoms with Gasteiger partial charge in [0.1, 0.15) is 5.78 Å². The molecule has 0 aromatic carbocycles. The third-order valence-electron chi connectivity index (χ3n) is 2.88. The number of rotatable bonds is 2. The Labute approximate surface area is 74.5 Å². The largest absolute Gasteiger partial charge is 0.321 e. The first-order valence-electron chi connectivity index (χ1n) is 4.98. The summed E-state index contributed by atoms with van der Waals surface area (Å²) in [6.07, 6.45) is 7.46. The third-order valence-corrected chi connectivity index (χ3v) is 2.88. The molecule has 0 amide bonds. The van der Waals surface area contributed by atoms with Crippen LogP contribution in [0.25, 0.3) is 0 Å². The van der Waals surface area contributed by atoms with E-state index in [-0.39, 0.29) is 11.8 Å². The van der Waals surface area contributed by atoms with Crippen LogP contribution < -0.4 is 5.73 Å². The topological polar surface area (TPSA) is 43.1 Å². The molecule has 0 aliphatic heterocycles. The minimum absolute atomic E-state index is 0.155. The van der Waals surface area contributed by atoms with Gasteiger partial charge in [-0.15, -0.1) is 0 Å². The Hall–Kier alpha value is -0.370. The minimum Gasteiger partial charge on any atom is -0.321 e. The molecule has 1 unspecified atom stereocenters. The van der Waals surface area contributed by atoms with Crippen LogP contribution in [0.1, 0.15) is 45.4 Å². The van der Waals surface area contributed by atoms with Crippen molar-refractivity contribution in [2.45, 2.75) is 51.5 Å². The second-order valence-electron chi connectivity index (χ2n) is 3.89. The summed E-state index contributed by atoms with van der Waals surface area (Å²) in [6.45, 7) is 1.61. The van der Waals surface area contributed by atoms with E-state index in [1.165, 1.54) is 25.7 Å². The van der Waals surface area contributed by atoms with Crippen LogP contribution in [0.2, 0.25) is 0 Å². The Morgan fingerprint density at radius 1 is 1.25 bits per heavy atom. The monoisotopic (exact) mass is 169 g/mol. The minimum atomic E-state index is -0.192. The van der Waals surface area contributed by atoms with Crippen LogP contribution in [-0.2, 0) is 4.79 Å². The molecule has 2 N–H and O–H groups in total. The maximum absolute atomic E-state index is 11.0. The van der Waals surface area contributed by atoms with Crippen molar-refractivity contribution in [3.63, 3.8) is 0 Å². The number of Topliss-reactive ketones (excluding diaryl/α,β-unsaturated/α-hetero) is 1. The molecule has 0 bridgehead atoms. The Bertz CT molecular complexity index is 148. The molecule has 1 saturated carbocycles.